The van der Waals surface area contributed by atoms with E-state index in [2.05, 4.69) is 50.9 Å². The normalized spacial score (nSPS) is 11.2. The van der Waals surface area contributed by atoms with Crippen LogP contribution in [0, 0.1) is 23.3 Å². The molecule has 3 aromatic rings. The molecule has 0 aliphatic rings. The Kier molecular flexibility index (Phi) is 5.76. The number of hydrogen-bond donors (Lipinski definition) is 1. The minimum Gasteiger partial charge on any atom is -0.461 e. The van der Waals surface area contributed by atoms with E-state index in [4.69, 9.17) is 4.74 Å². The van der Waals surface area contributed by atoms with Gasteiger partial charge in [-0.05, 0) is 71.7 Å². The van der Waals surface area contributed by atoms with Crippen LogP contribution in [0.25, 0.3) is 10.2 Å². The first-order chi connectivity index (χ1) is 12.4. The Hall–Kier alpha value is -1.74. The molecular formula is C19H20IN3O2S. The Labute approximate surface area is 170 Å². The number of carbonyl (C=O) groups is 1. The molecule has 0 spiro atoms. The molecule has 2 heterocycles. The molecule has 3 rings (SSSR count). The topological polar surface area (TPSA) is 64.1 Å². The van der Waals surface area contributed by atoms with Gasteiger partial charge in [0.15, 0.2) is 0 Å². The molecule has 5 nitrogen and oxygen atoms in total. The van der Waals surface area contributed by atoms with Crippen molar-refractivity contribution in [2.24, 2.45) is 5.92 Å². The minimum atomic E-state index is -0.296. The van der Waals surface area contributed by atoms with Gasteiger partial charge in [-0.2, -0.15) is 0 Å². The van der Waals surface area contributed by atoms with Crippen molar-refractivity contribution in [3.8, 4) is 0 Å². The summed E-state index contributed by atoms with van der Waals surface area (Å²) < 4.78 is 6.57. The number of halogens is 1. The van der Waals surface area contributed by atoms with Gasteiger partial charge in [-0.3, -0.25) is 0 Å². The average Bonchev–Trinajstić information content (AvgIpc) is 2.93. The molecule has 0 aliphatic carbocycles. The minimum absolute atomic E-state index is 0.296. The lowest BCUT2D eigenvalue weighted by Gasteiger charge is -2.10. The van der Waals surface area contributed by atoms with E-state index in [1.165, 1.54) is 21.2 Å². The number of benzene rings is 1. The number of fused-ring (bicyclic) bond motifs is 1. The second-order valence-corrected chi connectivity index (χ2v) is 8.78. The molecule has 0 aliphatic heterocycles. The van der Waals surface area contributed by atoms with Gasteiger partial charge in [0.2, 0.25) is 0 Å². The number of carbonyl (C=O) groups excluding carboxylic acids is 1. The number of esters is 1. The van der Waals surface area contributed by atoms with Gasteiger partial charge < -0.3 is 10.1 Å². The van der Waals surface area contributed by atoms with E-state index in [-0.39, 0.29) is 5.97 Å². The first kappa shape index (κ1) is 19.0. The Balaban J connectivity index is 1.98. The second-order valence-electron chi connectivity index (χ2n) is 6.54. The third-order valence-corrected chi connectivity index (χ3v) is 5.75. The molecule has 2 aromatic heterocycles. The zero-order chi connectivity index (χ0) is 18.8. The summed E-state index contributed by atoms with van der Waals surface area (Å²) in [6.45, 7) is 8.41. The molecule has 0 saturated carbocycles. The largest absolute Gasteiger partial charge is 0.461 e. The van der Waals surface area contributed by atoms with E-state index in [0.717, 1.165) is 27.0 Å². The van der Waals surface area contributed by atoms with E-state index in [1.807, 2.05) is 32.9 Å². The number of aromatic nitrogens is 2. The van der Waals surface area contributed by atoms with Crippen LogP contribution in [0.15, 0.2) is 24.5 Å². The van der Waals surface area contributed by atoms with Crippen LogP contribution < -0.4 is 5.32 Å². The maximum atomic E-state index is 12.4. The molecule has 0 amide bonds. The zero-order valence-corrected chi connectivity index (χ0v) is 18.1. The van der Waals surface area contributed by atoms with Crippen LogP contribution in [0.5, 0.6) is 0 Å². The summed E-state index contributed by atoms with van der Waals surface area (Å²) in [4.78, 5) is 22.5. The average molecular weight is 481 g/mol. The number of nitrogens with one attached hydrogen (secondary N) is 1. The van der Waals surface area contributed by atoms with Crippen molar-refractivity contribution in [1.82, 2.24) is 9.97 Å². The van der Waals surface area contributed by atoms with Crippen LogP contribution in [-0.2, 0) is 4.74 Å². The molecule has 26 heavy (non-hydrogen) atoms. The van der Waals surface area contributed by atoms with Crippen LogP contribution in [0.2, 0.25) is 0 Å². The number of aryl methyl sites for hydroxylation is 2. The third kappa shape index (κ3) is 3.98. The molecule has 0 saturated heterocycles. The lowest BCUT2D eigenvalue weighted by Crippen LogP contribution is -2.09. The van der Waals surface area contributed by atoms with E-state index in [0.29, 0.717) is 23.2 Å². The number of ether oxygens (including phenoxy) is 1. The van der Waals surface area contributed by atoms with Crippen molar-refractivity contribution >= 4 is 61.6 Å². The van der Waals surface area contributed by atoms with Crippen molar-refractivity contribution < 1.29 is 9.53 Å². The van der Waals surface area contributed by atoms with E-state index < -0.39 is 0 Å². The van der Waals surface area contributed by atoms with Crippen molar-refractivity contribution in [3.05, 3.63) is 44.1 Å². The van der Waals surface area contributed by atoms with Gasteiger partial charge in [0, 0.05) is 9.26 Å². The van der Waals surface area contributed by atoms with Crippen molar-refractivity contribution in [3.63, 3.8) is 0 Å². The van der Waals surface area contributed by atoms with Gasteiger partial charge in [-0.25, -0.2) is 14.8 Å². The molecule has 0 radical (unpaired) electrons. The highest BCUT2D eigenvalue weighted by molar-refractivity contribution is 14.1. The van der Waals surface area contributed by atoms with Gasteiger partial charge >= 0.3 is 5.97 Å². The molecular weight excluding hydrogens is 461 g/mol. The van der Waals surface area contributed by atoms with Crippen LogP contribution >= 0.6 is 33.9 Å². The predicted octanol–water partition coefficient (Wildman–Crippen LogP) is 5.47. The smallest absolute Gasteiger partial charge is 0.348 e. The number of hydrogen-bond acceptors (Lipinski definition) is 6. The number of thiophene rings is 1. The van der Waals surface area contributed by atoms with Gasteiger partial charge in [-0.1, -0.05) is 13.8 Å². The zero-order valence-electron chi connectivity index (χ0n) is 15.1. The van der Waals surface area contributed by atoms with Crippen LogP contribution in [0.1, 0.15) is 34.6 Å². The first-order valence-electron chi connectivity index (χ1n) is 8.31. The SMILES string of the molecule is Cc1cc(I)ccc1Nc1ncnc2sc(C(=O)OCC(C)C)c(C)c12. The number of rotatable bonds is 5. The van der Waals surface area contributed by atoms with E-state index in [9.17, 15) is 4.79 Å². The highest BCUT2D eigenvalue weighted by Gasteiger charge is 2.21. The molecule has 0 unspecified atom stereocenters. The fourth-order valence-electron chi connectivity index (χ4n) is 2.56. The second kappa shape index (κ2) is 7.87. The molecule has 136 valence electrons. The lowest BCUT2D eigenvalue weighted by atomic mass is 10.1. The molecule has 0 fully saturated rings. The third-order valence-electron chi connectivity index (χ3n) is 3.90. The Morgan fingerprint density at radius 1 is 1.31 bits per heavy atom. The van der Waals surface area contributed by atoms with Gasteiger partial charge in [0.25, 0.3) is 0 Å². The van der Waals surface area contributed by atoms with E-state index >= 15 is 0 Å². The van der Waals surface area contributed by atoms with Gasteiger partial charge in [0.1, 0.15) is 21.9 Å². The number of nitrogens with zero attached hydrogens (tertiary/aromatic N) is 2. The maximum absolute atomic E-state index is 12.4. The molecule has 7 heteroatoms. The molecule has 0 bridgehead atoms. The van der Waals surface area contributed by atoms with Crippen LogP contribution in [-0.4, -0.2) is 22.5 Å². The fourth-order valence-corrected chi connectivity index (χ4v) is 4.25. The molecule has 0 atom stereocenters. The Morgan fingerprint density at radius 2 is 2.08 bits per heavy atom. The predicted molar refractivity (Wildman–Crippen MR) is 114 cm³/mol. The van der Waals surface area contributed by atoms with Gasteiger partial charge in [-0.15, -0.1) is 11.3 Å². The summed E-state index contributed by atoms with van der Waals surface area (Å²) in [6, 6.07) is 6.19. The van der Waals surface area contributed by atoms with Crippen molar-refractivity contribution in [2.45, 2.75) is 27.7 Å². The summed E-state index contributed by atoms with van der Waals surface area (Å²) >= 11 is 3.64. The van der Waals surface area contributed by atoms with Gasteiger partial charge in [0.05, 0.1) is 12.0 Å². The van der Waals surface area contributed by atoms with Crippen LogP contribution in [0.3, 0.4) is 0 Å². The number of anilines is 2. The summed E-state index contributed by atoms with van der Waals surface area (Å²) in [5.41, 5.74) is 2.97. The van der Waals surface area contributed by atoms with Crippen molar-refractivity contribution in [2.75, 3.05) is 11.9 Å². The monoisotopic (exact) mass is 481 g/mol. The molecule has 1 aromatic carbocycles. The highest BCUT2D eigenvalue weighted by atomic mass is 127. The molecule has 1 N–H and O–H groups in total. The Morgan fingerprint density at radius 3 is 2.77 bits per heavy atom. The summed E-state index contributed by atoms with van der Waals surface area (Å²) in [5.74, 6) is 0.709. The first-order valence-corrected chi connectivity index (χ1v) is 10.2. The standard InChI is InChI=1S/C19H20IN3O2S/c1-10(2)8-25-19(24)16-12(4)15-17(21-9-22-18(15)26-16)23-14-6-5-13(20)7-11(14)3/h5-7,9-10H,8H2,1-4H3,(H,21,22,23). The highest BCUT2D eigenvalue weighted by Crippen LogP contribution is 2.35. The quantitative estimate of drug-likeness (QED) is 0.387. The lowest BCUT2D eigenvalue weighted by molar-refractivity contribution is 0.0464. The fraction of sp³-hybridized carbons (Fsp3) is 0.316. The van der Waals surface area contributed by atoms with Crippen LogP contribution in [0.4, 0.5) is 11.5 Å². The van der Waals surface area contributed by atoms with E-state index in [1.54, 1.807) is 0 Å². The maximum Gasteiger partial charge on any atom is 0.348 e. The summed E-state index contributed by atoms with van der Waals surface area (Å²) in [5, 5.41) is 4.25. The Bertz CT molecular complexity index is 969. The summed E-state index contributed by atoms with van der Waals surface area (Å²) in [7, 11) is 0. The van der Waals surface area contributed by atoms with Crippen molar-refractivity contribution in [1.29, 1.82) is 0 Å². The summed E-state index contributed by atoms with van der Waals surface area (Å²) in [6.07, 6.45) is 1.52.